The summed E-state index contributed by atoms with van der Waals surface area (Å²) in [5.74, 6) is 0. The number of benzene rings is 2. The van der Waals surface area contributed by atoms with Gasteiger partial charge >= 0.3 is 0 Å². The molecule has 0 spiro atoms. The molecule has 0 heterocycles. The molecule has 0 bridgehead atoms. The van der Waals surface area contributed by atoms with Gasteiger partial charge < -0.3 is 0 Å². The molecule has 1 nitrogen and oxygen atoms in total. The summed E-state index contributed by atoms with van der Waals surface area (Å²) in [6.07, 6.45) is 12.1. The van der Waals surface area contributed by atoms with E-state index in [9.17, 15) is 5.26 Å². The van der Waals surface area contributed by atoms with E-state index >= 15 is 0 Å². The highest BCUT2D eigenvalue weighted by Gasteiger charge is 2.03. The second kappa shape index (κ2) is 10.7. The predicted octanol–water partition coefficient (Wildman–Crippen LogP) is 6.91. The van der Waals surface area contributed by atoms with E-state index in [1.807, 2.05) is 24.3 Å². The van der Waals surface area contributed by atoms with Crippen molar-refractivity contribution in [2.45, 2.75) is 64.7 Å². The fraction of sp³-hybridized carbons (Fsp3) is 0.435. The Morgan fingerprint density at radius 2 is 1.38 bits per heavy atom. The topological polar surface area (TPSA) is 23.8 Å². The Labute approximate surface area is 147 Å². The van der Waals surface area contributed by atoms with Crippen molar-refractivity contribution in [3.8, 4) is 17.2 Å². The Bertz CT molecular complexity index is 634. The summed E-state index contributed by atoms with van der Waals surface area (Å²) in [6.45, 7) is 2.27. The molecule has 0 aromatic heterocycles. The Kier molecular flexibility index (Phi) is 8.11. The fourth-order valence-electron chi connectivity index (χ4n) is 3.15. The monoisotopic (exact) mass is 319 g/mol. The van der Waals surface area contributed by atoms with Crippen LogP contribution in [0.2, 0.25) is 0 Å². The van der Waals surface area contributed by atoms with Crippen LogP contribution in [0.3, 0.4) is 0 Å². The largest absolute Gasteiger partial charge is 0.192 e. The maximum absolute atomic E-state index is 9.22. The van der Waals surface area contributed by atoms with Crippen LogP contribution in [0.4, 0.5) is 0 Å². The molecule has 126 valence electrons. The highest BCUT2D eigenvalue weighted by molar-refractivity contribution is 5.70. The second-order valence-electron chi connectivity index (χ2n) is 6.58. The van der Waals surface area contributed by atoms with Crippen LogP contribution < -0.4 is 0 Å². The average Bonchev–Trinajstić information content (AvgIpc) is 2.64. The van der Waals surface area contributed by atoms with Crippen molar-refractivity contribution in [3.63, 3.8) is 0 Å². The van der Waals surface area contributed by atoms with E-state index in [1.165, 1.54) is 56.9 Å². The molecule has 0 aliphatic carbocycles. The van der Waals surface area contributed by atoms with Crippen LogP contribution >= 0.6 is 0 Å². The van der Waals surface area contributed by atoms with Crippen LogP contribution in [0.5, 0.6) is 0 Å². The van der Waals surface area contributed by atoms with Crippen LogP contribution in [0.25, 0.3) is 11.1 Å². The quantitative estimate of drug-likeness (QED) is 0.436. The number of hydrogen-bond acceptors (Lipinski definition) is 1. The lowest BCUT2D eigenvalue weighted by Crippen LogP contribution is -1.88. The first kappa shape index (κ1) is 18.3. The minimum Gasteiger partial charge on any atom is -0.192 e. The molecule has 2 aromatic carbocycles. The standard InChI is InChI=1S/C23H29N/c1-2-3-4-5-6-7-8-9-12-20-15-17-21(18-16-20)23-14-11-10-13-22(23)19-24/h10-11,13-18H,2-9,12H2,1H3. The first-order valence-electron chi connectivity index (χ1n) is 9.43. The van der Waals surface area contributed by atoms with Gasteiger partial charge in [-0.15, -0.1) is 0 Å². The van der Waals surface area contributed by atoms with E-state index in [1.54, 1.807) is 0 Å². The van der Waals surface area contributed by atoms with Crippen molar-refractivity contribution in [3.05, 3.63) is 59.7 Å². The zero-order chi connectivity index (χ0) is 17.0. The van der Waals surface area contributed by atoms with Crippen molar-refractivity contribution in [2.24, 2.45) is 0 Å². The molecule has 0 aliphatic rings. The van der Waals surface area contributed by atoms with E-state index in [-0.39, 0.29) is 0 Å². The third-order valence-corrected chi connectivity index (χ3v) is 4.63. The second-order valence-corrected chi connectivity index (χ2v) is 6.58. The average molecular weight is 319 g/mol. The molecular weight excluding hydrogens is 290 g/mol. The molecule has 0 radical (unpaired) electrons. The SMILES string of the molecule is CCCCCCCCCCc1ccc(-c2ccccc2C#N)cc1. The maximum Gasteiger partial charge on any atom is 0.0998 e. The molecule has 0 fully saturated rings. The number of rotatable bonds is 10. The molecular formula is C23H29N. The van der Waals surface area contributed by atoms with E-state index in [4.69, 9.17) is 0 Å². The predicted molar refractivity (Wildman–Crippen MR) is 103 cm³/mol. The Morgan fingerprint density at radius 1 is 0.750 bits per heavy atom. The Hall–Kier alpha value is -2.07. The maximum atomic E-state index is 9.22. The van der Waals surface area contributed by atoms with Crippen LogP contribution in [-0.2, 0) is 6.42 Å². The van der Waals surface area contributed by atoms with Gasteiger partial charge in [-0.2, -0.15) is 5.26 Å². The smallest absolute Gasteiger partial charge is 0.0998 e. The van der Waals surface area contributed by atoms with Crippen molar-refractivity contribution in [1.82, 2.24) is 0 Å². The summed E-state index contributed by atoms with van der Waals surface area (Å²) in [6, 6.07) is 18.8. The van der Waals surface area contributed by atoms with Gasteiger partial charge in [-0.1, -0.05) is 94.3 Å². The Morgan fingerprint density at radius 3 is 2.04 bits per heavy atom. The van der Waals surface area contributed by atoms with Crippen molar-refractivity contribution in [2.75, 3.05) is 0 Å². The van der Waals surface area contributed by atoms with Crippen molar-refractivity contribution >= 4 is 0 Å². The molecule has 0 aliphatic heterocycles. The van der Waals surface area contributed by atoms with Gasteiger partial charge in [0.1, 0.15) is 0 Å². The van der Waals surface area contributed by atoms with Crippen molar-refractivity contribution < 1.29 is 0 Å². The summed E-state index contributed by atoms with van der Waals surface area (Å²) in [5, 5.41) is 9.22. The molecule has 24 heavy (non-hydrogen) atoms. The lowest BCUT2D eigenvalue weighted by Gasteiger charge is -2.06. The molecule has 0 N–H and O–H groups in total. The van der Waals surface area contributed by atoms with Gasteiger partial charge in [-0.3, -0.25) is 0 Å². The number of hydrogen-bond donors (Lipinski definition) is 0. The van der Waals surface area contributed by atoms with Gasteiger partial charge in [0.15, 0.2) is 0 Å². The number of nitriles is 1. The highest BCUT2D eigenvalue weighted by Crippen LogP contribution is 2.24. The first-order valence-corrected chi connectivity index (χ1v) is 9.43. The van der Waals surface area contributed by atoms with Crippen LogP contribution in [-0.4, -0.2) is 0 Å². The molecule has 0 unspecified atom stereocenters. The third-order valence-electron chi connectivity index (χ3n) is 4.63. The number of unbranched alkanes of at least 4 members (excludes halogenated alkanes) is 7. The minimum atomic E-state index is 0.744. The van der Waals surface area contributed by atoms with Gasteiger partial charge in [0.25, 0.3) is 0 Å². The van der Waals surface area contributed by atoms with Gasteiger partial charge in [-0.25, -0.2) is 0 Å². The van der Waals surface area contributed by atoms with Crippen LogP contribution in [0.15, 0.2) is 48.5 Å². The zero-order valence-corrected chi connectivity index (χ0v) is 14.9. The number of nitrogens with zero attached hydrogens (tertiary/aromatic N) is 1. The summed E-state index contributed by atoms with van der Waals surface area (Å²) in [5.41, 5.74) is 4.30. The molecule has 0 saturated heterocycles. The highest BCUT2D eigenvalue weighted by atomic mass is 14.2. The van der Waals surface area contributed by atoms with Crippen LogP contribution in [0, 0.1) is 11.3 Å². The molecule has 2 aromatic rings. The van der Waals surface area contributed by atoms with E-state index in [2.05, 4.69) is 37.3 Å². The summed E-state index contributed by atoms with van der Waals surface area (Å²) < 4.78 is 0. The molecule has 2 rings (SSSR count). The molecule has 0 saturated carbocycles. The Balaban J connectivity index is 1.76. The molecule has 0 amide bonds. The third kappa shape index (κ3) is 5.85. The first-order chi connectivity index (χ1) is 11.8. The van der Waals surface area contributed by atoms with Gasteiger partial charge in [-0.05, 0) is 35.6 Å². The molecule has 1 heteroatoms. The zero-order valence-electron chi connectivity index (χ0n) is 14.9. The molecule has 0 atom stereocenters. The van der Waals surface area contributed by atoms with Gasteiger partial charge in [0, 0.05) is 0 Å². The van der Waals surface area contributed by atoms with Crippen molar-refractivity contribution in [1.29, 1.82) is 5.26 Å². The van der Waals surface area contributed by atoms with Gasteiger partial charge in [0.05, 0.1) is 11.6 Å². The van der Waals surface area contributed by atoms with Gasteiger partial charge in [0.2, 0.25) is 0 Å². The number of aryl methyl sites for hydroxylation is 1. The summed E-state index contributed by atoms with van der Waals surface area (Å²) >= 11 is 0. The summed E-state index contributed by atoms with van der Waals surface area (Å²) in [4.78, 5) is 0. The summed E-state index contributed by atoms with van der Waals surface area (Å²) in [7, 11) is 0. The minimum absolute atomic E-state index is 0.744. The lowest BCUT2D eigenvalue weighted by molar-refractivity contribution is 0.575. The van der Waals surface area contributed by atoms with E-state index < -0.39 is 0 Å². The fourth-order valence-corrected chi connectivity index (χ4v) is 3.15. The normalized spacial score (nSPS) is 10.5. The lowest BCUT2D eigenvalue weighted by atomic mass is 9.98. The van der Waals surface area contributed by atoms with Crippen LogP contribution in [0.1, 0.15) is 69.4 Å². The van der Waals surface area contributed by atoms with E-state index in [0.29, 0.717) is 0 Å². The van der Waals surface area contributed by atoms with E-state index in [0.717, 1.165) is 23.1 Å².